The zero-order valence-electron chi connectivity index (χ0n) is 22.4. The van der Waals surface area contributed by atoms with Gasteiger partial charge in [-0.15, -0.1) is 6.42 Å². The molecule has 3 heterocycles. The minimum atomic E-state index is -1.14. The van der Waals surface area contributed by atoms with Crippen molar-refractivity contribution in [1.29, 1.82) is 0 Å². The van der Waals surface area contributed by atoms with Gasteiger partial charge in [-0.1, -0.05) is 42.5 Å². The topological polar surface area (TPSA) is 122 Å². The molecule has 6 rings (SSSR count). The van der Waals surface area contributed by atoms with E-state index in [9.17, 15) is 19.5 Å². The predicted molar refractivity (Wildman–Crippen MR) is 153 cm³/mol. The number of aliphatic hydroxyl groups is 1. The number of nitrogens with zero attached hydrogens (tertiary/aromatic N) is 5. The number of piperidine rings is 1. The van der Waals surface area contributed by atoms with Gasteiger partial charge in [-0.3, -0.25) is 19.0 Å². The van der Waals surface area contributed by atoms with Crippen LogP contribution < -0.4 is 10.9 Å². The zero-order chi connectivity index (χ0) is 28.6. The first-order chi connectivity index (χ1) is 19.8. The first kappa shape index (κ1) is 26.5. The highest BCUT2D eigenvalue weighted by molar-refractivity contribution is 5.93. The number of benzene rings is 2. The van der Waals surface area contributed by atoms with Crippen LogP contribution in [0.25, 0.3) is 27.8 Å². The number of likely N-dealkylation sites (tertiary alicyclic amines) is 1. The van der Waals surface area contributed by atoms with E-state index in [1.807, 2.05) is 60.5 Å². The molecule has 1 saturated carbocycles. The van der Waals surface area contributed by atoms with Gasteiger partial charge in [-0.2, -0.15) is 5.10 Å². The Balaban J connectivity index is 1.10. The van der Waals surface area contributed by atoms with Gasteiger partial charge in [0.25, 0.3) is 11.5 Å². The van der Waals surface area contributed by atoms with Crippen LogP contribution in [0.2, 0.25) is 0 Å². The summed E-state index contributed by atoms with van der Waals surface area (Å²) in [7, 11) is 0. The molecule has 1 saturated heterocycles. The number of aromatic nitrogens is 4. The van der Waals surface area contributed by atoms with Gasteiger partial charge >= 0.3 is 0 Å². The second-order valence-corrected chi connectivity index (χ2v) is 10.9. The summed E-state index contributed by atoms with van der Waals surface area (Å²) in [4.78, 5) is 43.8. The lowest BCUT2D eigenvalue weighted by Gasteiger charge is -2.42. The highest BCUT2D eigenvalue weighted by Gasteiger charge is 2.41. The summed E-state index contributed by atoms with van der Waals surface area (Å²) >= 11 is 0. The van der Waals surface area contributed by atoms with E-state index in [-0.39, 0.29) is 30.0 Å². The van der Waals surface area contributed by atoms with Gasteiger partial charge in [0, 0.05) is 25.0 Å². The zero-order valence-corrected chi connectivity index (χ0v) is 22.4. The van der Waals surface area contributed by atoms with Crippen molar-refractivity contribution in [3.63, 3.8) is 0 Å². The third-order valence-electron chi connectivity index (χ3n) is 8.20. The number of fused-ring (bicyclic) bond motifs is 1. The summed E-state index contributed by atoms with van der Waals surface area (Å²) in [5.74, 6) is 1.44. The molecule has 0 atom stereocenters. The molecule has 2 aromatic carbocycles. The van der Waals surface area contributed by atoms with Crippen molar-refractivity contribution in [3.8, 4) is 29.2 Å². The molecule has 4 aromatic rings. The quantitative estimate of drug-likeness (QED) is 0.355. The summed E-state index contributed by atoms with van der Waals surface area (Å²) in [6.45, 7) is 0.875. The Morgan fingerprint density at radius 1 is 1.05 bits per heavy atom. The highest BCUT2D eigenvalue weighted by atomic mass is 16.3. The minimum Gasteiger partial charge on any atom is -0.388 e. The van der Waals surface area contributed by atoms with Crippen molar-refractivity contribution in [2.45, 2.75) is 43.9 Å². The number of hydrogen-bond acceptors (Lipinski definition) is 6. The largest absolute Gasteiger partial charge is 0.388 e. The van der Waals surface area contributed by atoms with Crippen molar-refractivity contribution in [3.05, 3.63) is 77.5 Å². The normalized spacial score (nSPS) is 19.8. The van der Waals surface area contributed by atoms with Gasteiger partial charge in [0.2, 0.25) is 5.91 Å². The van der Waals surface area contributed by atoms with Crippen molar-refractivity contribution >= 4 is 22.8 Å². The lowest BCUT2D eigenvalue weighted by Crippen LogP contribution is -2.54. The van der Waals surface area contributed by atoms with Gasteiger partial charge < -0.3 is 15.3 Å². The van der Waals surface area contributed by atoms with Crippen molar-refractivity contribution in [2.24, 2.45) is 5.92 Å². The second-order valence-electron chi connectivity index (χ2n) is 10.9. The monoisotopic (exact) mass is 550 g/mol. The van der Waals surface area contributed by atoms with Crippen LogP contribution in [-0.2, 0) is 16.1 Å². The Labute approximate surface area is 236 Å². The number of carbonyl (C=O) groups excluding carboxylic acids is 2. The number of amides is 2. The average molecular weight is 551 g/mol. The highest BCUT2D eigenvalue weighted by Crippen LogP contribution is 2.32. The molecule has 2 aromatic heterocycles. The summed E-state index contributed by atoms with van der Waals surface area (Å²) in [6.07, 6.45) is 9.88. The molecule has 0 radical (unpaired) electrons. The van der Waals surface area contributed by atoms with E-state index < -0.39 is 11.5 Å². The van der Waals surface area contributed by atoms with E-state index in [1.165, 1.54) is 17.1 Å². The Hall–Kier alpha value is -4.75. The van der Waals surface area contributed by atoms with Gasteiger partial charge in [0.15, 0.2) is 5.65 Å². The molecule has 0 unspecified atom stereocenters. The second kappa shape index (κ2) is 10.7. The number of nitrogens with one attached hydrogen (secondary N) is 1. The maximum atomic E-state index is 13.3. The van der Waals surface area contributed by atoms with Crippen LogP contribution in [0.4, 0.5) is 0 Å². The van der Waals surface area contributed by atoms with E-state index in [1.54, 1.807) is 9.58 Å². The fourth-order valence-electron chi connectivity index (χ4n) is 5.72. The number of rotatable bonds is 6. The van der Waals surface area contributed by atoms with Crippen LogP contribution in [-0.4, -0.2) is 65.9 Å². The van der Waals surface area contributed by atoms with Crippen LogP contribution in [0, 0.1) is 18.3 Å². The molecule has 10 heteroatoms. The van der Waals surface area contributed by atoms with Crippen molar-refractivity contribution in [2.75, 3.05) is 13.1 Å². The first-order valence-electron chi connectivity index (χ1n) is 13.7. The molecule has 1 aliphatic heterocycles. The minimum absolute atomic E-state index is 0.0303. The summed E-state index contributed by atoms with van der Waals surface area (Å²) in [6, 6.07) is 17.9. The third kappa shape index (κ3) is 5.24. The SMILES string of the molecule is C#CC(=O)NC1CC(C(=O)N2CCC(O)(Cn3cnc4c(cnn4-c4ccc(-c5ccccc5)cc4)c3=O)CC2)C1. The van der Waals surface area contributed by atoms with E-state index in [2.05, 4.69) is 15.4 Å². The summed E-state index contributed by atoms with van der Waals surface area (Å²) in [5, 5.41) is 18.8. The number of carbonyl (C=O) groups is 2. The molecule has 41 heavy (non-hydrogen) atoms. The van der Waals surface area contributed by atoms with Gasteiger partial charge in [0.05, 0.1) is 24.0 Å². The first-order valence-corrected chi connectivity index (χ1v) is 13.7. The maximum Gasteiger partial charge on any atom is 0.295 e. The van der Waals surface area contributed by atoms with Gasteiger partial charge in [-0.25, -0.2) is 9.67 Å². The van der Waals surface area contributed by atoms with Gasteiger partial charge in [-0.05, 0) is 54.9 Å². The predicted octanol–water partition coefficient (Wildman–Crippen LogP) is 2.13. The Morgan fingerprint density at radius 3 is 2.41 bits per heavy atom. The standard InChI is InChI=1S/C31H30N6O4/c1-2-27(38)34-24-16-23(17-24)29(39)35-14-12-31(41,13-15-35)19-36-20-32-28-26(30(36)40)18-33-37(28)25-10-8-22(9-11-25)21-6-4-3-5-7-21/h1,3-11,18,20,23-24,41H,12-17,19H2,(H,34,38). The molecular weight excluding hydrogens is 520 g/mol. The molecule has 1 aliphatic carbocycles. The Kier molecular flexibility index (Phi) is 6.89. The van der Waals surface area contributed by atoms with E-state index in [4.69, 9.17) is 6.42 Å². The third-order valence-corrected chi connectivity index (χ3v) is 8.20. The number of hydrogen-bond donors (Lipinski definition) is 2. The van der Waals surface area contributed by atoms with Crippen LogP contribution >= 0.6 is 0 Å². The van der Waals surface area contributed by atoms with Crippen LogP contribution in [0.1, 0.15) is 25.7 Å². The van der Waals surface area contributed by atoms with Crippen molar-refractivity contribution < 1.29 is 14.7 Å². The molecule has 2 N–H and O–H groups in total. The van der Waals surface area contributed by atoms with E-state index in [0.29, 0.717) is 49.8 Å². The molecule has 0 bridgehead atoms. The maximum absolute atomic E-state index is 13.3. The molecule has 2 fully saturated rings. The molecular formula is C31H30N6O4. The molecule has 10 nitrogen and oxygen atoms in total. The van der Waals surface area contributed by atoms with E-state index >= 15 is 0 Å². The molecule has 208 valence electrons. The molecule has 0 spiro atoms. The van der Waals surface area contributed by atoms with Crippen molar-refractivity contribution in [1.82, 2.24) is 29.5 Å². The fraction of sp³-hybridized carbons (Fsp3) is 0.323. The lowest BCUT2D eigenvalue weighted by molar-refractivity contribution is -0.144. The van der Waals surface area contributed by atoms with Crippen LogP contribution in [0.5, 0.6) is 0 Å². The van der Waals surface area contributed by atoms with Gasteiger partial charge in [0.1, 0.15) is 11.7 Å². The fourth-order valence-corrected chi connectivity index (χ4v) is 5.72. The molecule has 2 amide bonds. The Bertz CT molecular complexity index is 1690. The Morgan fingerprint density at radius 2 is 1.73 bits per heavy atom. The lowest BCUT2D eigenvalue weighted by atomic mass is 9.78. The smallest absolute Gasteiger partial charge is 0.295 e. The number of terminal acetylenes is 1. The van der Waals surface area contributed by atoms with Crippen LogP contribution in [0.3, 0.4) is 0 Å². The summed E-state index contributed by atoms with van der Waals surface area (Å²) < 4.78 is 3.06. The van der Waals surface area contributed by atoms with E-state index in [0.717, 1.165) is 16.8 Å². The summed E-state index contributed by atoms with van der Waals surface area (Å²) in [5.41, 5.74) is 2.01. The molecule has 2 aliphatic rings. The average Bonchev–Trinajstić information content (AvgIpc) is 3.41. The van der Waals surface area contributed by atoms with Crippen LogP contribution in [0.15, 0.2) is 71.9 Å².